The number of likely N-dealkylation sites (N-methyl/N-ethyl adjacent to an activating group) is 1. The predicted molar refractivity (Wildman–Crippen MR) is 177 cm³/mol. The lowest BCUT2D eigenvalue weighted by Crippen LogP contribution is -2.61. The molecule has 0 aromatic heterocycles. The topological polar surface area (TPSA) is 138 Å². The SMILES string of the molecule is COCCCOc1cc(C(=O)N(C(C)C)C2(C[C@@H]3CNC[C@H]3CN(C)C(=O)[C@@H](O)c3ccccc3)CC(C(=O)O)CCO2)ccc1C. The summed E-state index contributed by atoms with van der Waals surface area (Å²) in [5.41, 5.74) is 0.691. The minimum absolute atomic E-state index is 0.00630. The first-order valence-electron chi connectivity index (χ1n) is 16.6. The van der Waals surface area contributed by atoms with Crippen molar-refractivity contribution >= 4 is 17.8 Å². The van der Waals surface area contributed by atoms with Crippen LogP contribution >= 0.6 is 0 Å². The summed E-state index contributed by atoms with van der Waals surface area (Å²) in [7, 11) is 3.33. The van der Waals surface area contributed by atoms with Crippen molar-refractivity contribution in [3.63, 3.8) is 0 Å². The maximum Gasteiger partial charge on any atom is 0.306 e. The number of amides is 2. The molecule has 11 nitrogen and oxygen atoms in total. The number of ether oxygens (including phenoxy) is 3. The minimum Gasteiger partial charge on any atom is -0.493 e. The van der Waals surface area contributed by atoms with E-state index >= 15 is 0 Å². The zero-order chi connectivity index (χ0) is 34.1. The highest BCUT2D eigenvalue weighted by atomic mass is 16.5. The van der Waals surface area contributed by atoms with Crippen LogP contribution < -0.4 is 10.1 Å². The Hall–Kier alpha value is -3.51. The first-order chi connectivity index (χ1) is 22.5. The number of aliphatic carboxylic acids is 1. The molecule has 2 aromatic carbocycles. The maximum absolute atomic E-state index is 14.5. The number of nitrogens with one attached hydrogen (secondary N) is 1. The van der Waals surface area contributed by atoms with Gasteiger partial charge in [-0.15, -0.1) is 0 Å². The fourth-order valence-corrected chi connectivity index (χ4v) is 6.94. The van der Waals surface area contributed by atoms with Gasteiger partial charge in [-0.3, -0.25) is 14.4 Å². The lowest BCUT2D eigenvalue weighted by Gasteiger charge is -2.51. The highest BCUT2D eigenvalue weighted by molar-refractivity contribution is 5.95. The molecule has 2 saturated heterocycles. The molecule has 2 unspecified atom stereocenters. The van der Waals surface area contributed by atoms with Crippen molar-refractivity contribution in [2.24, 2.45) is 17.8 Å². The van der Waals surface area contributed by atoms with Gasteiger partial charge in [-0.2, -0.15) is 0 Å². The molecule has 2 heterocycles. The van der Waals surface area contributed by atoms with Crippen LogP contribution in [-0.4, -0.2) is 103 Å². The van der Waals surface area contributed by atoms with Crippen molar-refractivity contribution in [2.45, 2.75) is 64.3 Å². The number of rotatable bonds is 15. The van der Waals surface area contributed by atoms with Crippen molar-refractivity contribution in [3.05, 3.63) is 65.2 Å². The van der Waals surface area contributed by atoms with Gasteiger partial charge in [0, 0.05) is 51.8 Å². The molecule has 11 heteroatoms. The minimum atomic E-state index is -1.27. The van der Waals surface area contributed by atoms with Crippen LogP contribution in [0.25, 0.3) is 0 Å². The van der Waals surface area contributed by atoms with Crippen LogP contribution in [0, 0.1) is 24.7 Å². The Bertz CT molecular complexity index is 1350. The van der Waals surface area contributed by atoms with E-state index in [1.807, 2.05) is 32.9 Å². The van der Waals surface area contributed by atoms with Gasteiger partial charge in [-0.1, -0.05) is 36.4 Å². The van der Waals surface area contributed by atoms with Gasteiger partial charge >= 0.3 is 5.97 Å². The summed E-state index contributed by atoms with van der Waals surface area (Å²) in [6, 6.07) is 13.9. The van der Waals surface area contributed by atoms with Crippen LogP contribution in [0.5, 0.6) is 5.75 Å². The van der Waals surface area contributed by atoms with E-state index in [-0.39, 0.29) is 36.8 Å². The number of nitrogens with zero attached hydrogens (tertiary/aromatic N) is 2. The lowest BCUT2D eigenvalue weighted by molar-refractivity contribution is -0.201. The number of aryl methyl sites for hydroxylation is 1. The molecule has 2 fully saturated rings. The van der Waals surface area contributed by atoms with E-state index in [1.54, 1.807) is 60.4 Å². The number of hydrogen-bond donors (Lipinski definition) is 3. The summed E-state index contributed by atoms with van der Waals surface area (Å²) >= 11 is 0. The third kappa shape index (κ3) is 8.90. The number of carboxylic acids is 1. The van der Waals surface area contributed by atoms with E-state index in [4.69, 9.17) is 14.2 Å². The molecule has 258 valence electrons. The van der Waals surface area contributed by atoms with Crippen molar-refractivity contribution in [3.8, 4) is 5.75 Å². The molecule has 3 N–H and O–H groups in total. The Morgan fingerprint density at radius 1 is 1.09 bits per heavy atom. The average Bonchev–Trinajstić information content (AvgIpc) is 3.48. The van der Waals surface area contributed by atoms with Crippen LogP contribution in [0.4, 0.5) is 0 Å². The summed E-state index contributed by atoms with van der Waals surface area (Å²) in [6.45, 7) is 8.65. The first kappa shape index (κ1) is 36.3. The number of carbonyl (C=O) groups excluding carboxylic acids is 2. The maximum atomic E-state index is 14.5. The van der Waals surface area contributed by atoms with Gasteiger partial charge in [0.25, 0.3) is 11.8 Å². The summed E-state index contributed by atoms with van der Waals surface area (Å²) in [5.74, 6) is -1.65. The van der Waals surface area contributed by atoms with Gasteiger partial charge < -0.3 is 39.5 Å². The molecule has 2 amide bonds. The fourth-order valence-electron chi connectivity index (χ4n) is 6.94. The molecule has 2 aliphatic rings. The third-order valence-corrected chi connectivity index (χ3v) is 9.41. The molecule has 0 saturated carbocycles. The second kappa shape index (κ2) is 16.5. The molecule has 4 rings (SSSR count). The zero-order valence-corrected chi connectivity index (χ0v) is 28.3. The highest BCUT2D eigenvalue weighted by Crippen LogP contribution is 2.42. The van der Waals surface area contributed by atoms with Crippen LogP contribution in [0.3, 0.4) is 0 Å². The fraction of sp³-hybridized carbons (Fsp3) is 0.583. The second-order valence-electron chi connectivity index (χ2n) is 13.2. The Morgan fingerprint density at radius 3 is 2.49 bits per heavy atom. The van der Waals surface area contributed by atoms with Crippen LogP contribution in [0.15, 0.2) is 48.5 Å². The van der Waals surface area contributed by atoms with Gasteiger partial charge in [0.2, 0.25) is 0 Å². The van der Waals surface area contributed by atoms with E-state index in [1.165, 1.54) is 0 Å². The predicted octanol–water partition coefficient (Wildman–Crippen LogP) is 3.89. The average molecular weight is 654 g/mol. The number of aliphatic hydroxyl groups is 1. The Labute approximate surface area is 278 Å². The second-order valence-corrected chi connectivity index (χ2v) is 13.2. The van der Waals surface area contributed by atoms with E-state index in [2.05, 4.69) is 5.32 Å². The van der Waals surface area contributed by atoms with Crippen LogP contribution in [0.2, 0.25) is 0 Å². The zero-order valence-electron chi connectivity index (χ0n) is 28.3. The first-order valence-corrected chi connectivity index (χ1v) is 16.6. The van der Waals surface area contributed by atoms with E-state index < -0.39 is 29.6 Å². The van der Waals surface area contributed by atoms with E-state index in [0.717, 1.165) is 5.56 Å². The number of hydrogen-bond acceptors (Lipinski definition) is 8. The standard InChI is InChI=1S/C36H51N3O8/c1-24(2)39(33(41)27-13-12-25(3)31(18-27)46-16-9-15-45-5)36(19-28(35(43)44)14-17-47-36)20-29-21-37-22-30(29)23-38(4)34(42)32(40)26-10-7-6-8-11-26/h6-8,10-13,18,24,28-30,32,37,40H,9,14-17,19-23H2,1-5H3,(H,43,44)/t28?,29-,30+,32+,36?/m1/s1. The lowest BCUT2D eigenvalue weighted by atomic mass is 9.80. The largest absolute Gasteiger partial charge is 0.493 e. The van der Waals surface area contributed by atoms with E-state index in [0.29, 0.717) is 69.0 Å². The number of aliphatic hydroxyl groups excluding tert-OH is 1. The van der Waals surface area contributed by atoms with Crippen LogP contribution in [-0.2, 0) is 19.1 Å². The van der Waals surface area contributed by atoms with Crippen molar-refractivity contribution in [2.75, 3.05) is 53.6 Å². The van der Waals surface area contributed by atoms with Gasteiger partial charge in [0.05, 0.1) is 19.1 Å². The molecular formula is C36H51N3O8. The smallest absolute Gasteiger partial charge is 0.306 e. The van der Waals surface area contributed by atoms with Crippen molar-refractivity contribution < 1.29 is 38.8 Å². The number of methoxy groups -OCH3 is 1. The van der Waals surface area contributed by atoms with Crippen LogP contribution in [0.1, 0.15) is 67.1 Å². The molecule has 0 aliphatic carbocycles. The molecule has 2 aromatic rings. The van der Waals surface area contributed by atoms with Gasteiger partial charge in [0.15, 0.2) is 6.10 Å². The molecule has 0 spiro atoms. The third-order valence-electron chi connectivity index (χ3n) is 9.41. The summed E-state index contributed by atoms with van der Waals surface area (Å²) in [4.78, 5) is 43.3. The molecule has 0 radical (unpaired) electrons. The van der Waals surface area contributed by atoms with Gasteiger partial charge in [0.1, 0.15) is 11.5 Å². The normalized spacial score (nSPS) is 23.3. The molecule has 0 bridgehead atoms. The van der Waals surface area contributed by atoms with Gasteiger partial charge in [-0.05, 0) is 81.8 Å². The summed E-state index contributed by atoms with van der Waals surface area (Å²) in [5, 5.41) is 24.3. The monoisotopic (exact) mass is 653 g/mol. The molecular weight excluding hydrogens is 602 g/mol. The molecule has 47 heavy (non-hydrogen) atoms. The Kier molecular flexibility index (Phi) is 12.8. The Balaban J connectivity index is 1.60. The molecule has 2 aliphatic heterocycles. The quantitative estimate of drug-likeness (QED) is 0.245. The number of carboxylic acid groups (broad SMARTS) is 1. The highest BCUT2D eigenvalue weighted by Gasteiger charge is 2.50. The van der Waals surface area contributed by atoms with Crippen molar-refractivity contribution in [1.29, 1.82) is 0 Å². The van der Waals surface area contributed by atoms with E-state index in [9.17, 15) is 24.6 Å². The van der Waals surface area contributed by atoms with Crippen molar-refractivity contribution in [1.82, 2.24) is 15.1 Å². The molecule has 5 atom stereocenters. The summed E-state index contributed by atoms with van der Waals surface area (Å²) in [6.07, 6.45) is 0.359. The number of benzene rings is 2. The number of carbonyl (C=O) groups is 3. The Morgan fingerprint density at radius 2 is 1.81 bits per heavy atom. The summed E-state index contributed by atoms with van der Waals surface area (Å²) < 4.78 is 17.7. The van der Waals surface area contributed by atoms with Gasteiger partial charge in [-0.25, -0.2) is 0 Å².